The summed E-state index contributed by atoms with van der Waals surface area (Å²) >= 11 is 0. The molecule has 0 aromatic heterocycles. The topological polar surface area (TPSA) is 131 Å². The number of alkyl carbamates (subject to hydrolysis) is 1. The Morgan fingerprint density at radius 3 is 2.09 bits per heavy atom. The number of primary amides is 1. The van der Waals surface area contributed by atoms with Crippen LogP contribution < -0.4 is 16.4 Å². The van der Waals surface area contributed by atoms with E-state index in [1.54, 1.807) is 20.8 Å². The van der Waals surface area contributed by atoms with Crippen molar-refractivity contribution in [2.45, 2.75) is 97.9 Å². The van der Waals surface area contributed by atoms with E-state index in [2.05, 4.69) is 10.6 Å². The lowest BCUT2D eigenvalue weighted by Gasteiger charge is -2.32. The summed E-state index contributed by atoms with van der Waals surface area (Å²) in [5.41, 5.74) is 7.09. The Morgan fingerprint density at radius 2 is 1.60 bits per heavy atom. The summed E-state index contributed by atoms with van der Waals surface area (Å²) in [6.45, 7) is 12.9. The van der Waals surface area contributed by atoms with Crippen LogP contribution >= 0.6 is 0 Å². The number of carbonyl (C=O) groups is 4. The molecule has 9 heteroatoms. The van der Waals surface area contributed by atoms with Gasteiger partial charge in [-0.3, -0.25) is 14.4 Å². The maximum absolute atomic E-state index is 13.6. The van der Waals surface area contributed by atoms with Crippen molar-refractivity contribution in [1.82, 2.24) is 15.5 Å². The maximum Gasteiger partial charge on any atom is 0.408 e. The molecule has 0 aliphatic heterocycles. The van der Waals surface area contributed by atoms with Gasteiger partial charge in [0, 0.05) is 19.5 Å². The minimum absolute atomic E-state index is 0.0226. The second kappa shape index (κ2) is 13.1. The molecule has 0 bridgehead atoms. The van der Waals surface area contributed by atoms with E-state index in [1.807, 2.05) is 45.9 Å². The van der Waals surface area contributed by atoms with Crippen LogP contribution in [0.2, 0.25) is 0 Å². The molecule has 4 N–H and O–H groups in total. The molecule has 0 aliphatic carbocycles. The van der Waals surface area contributed by atoms with Crippen molar-refractivity contribution in [3.63, 3.8) is 0 Å². The van der Waals surface area contributed by atoms with Crippen LogP contribution in [0.25, 0.3) is 0 Å². The summed E-state index contributed by atoms with van der Waals surface area (Å²) in [5.74, 6) is -1.45. The Balaban J connectivity index is 3.33. The van der Waals surface area contributed by atoms with Crippen LogP contribution in [-0.2, 0) is 19.1 Å². The fourth-order valence-electron chi connectivity index (χ4n) is 3.91. The number of ether oxygens (including phenoxy) is 1. The van der Waals surface area contributed by atoms with Gasteiger partial charge in [0.2, 0.25) is 17.7 Å². The lowest BCUT2D eigenvalue weighted by molar-refractivity contribution is -0.141. The molecule has 0 saturated heterocycles. The zero-order valence-electron chi connectivity index (χ0n) is 22.4. The molecule has 4 amide bonds. The summed E-state index contributed by atoms with van der Waals surface area (Å²) in [7, 11) is 1.52. The molecule has 3 unspecified atom stereocenters. The number of hydrogen-bond acceptors (Lipinski definition) is 5. The minimum Gasteiger partial charge on any atom is -0.444 e. The fraction of sp³-hybridized carbons (Fsp3) is 0.615. The fourth-order valence-corrected chi connectivity index (χ4v) is 3.91. The van der Waals surface area contributed by atoms with Crippen LogP contribution in [0.5, 0.6) is 0 Å². The molecule has 1 aromatic rings. The molecule has 0 spiro atoms. The monoisotopic (exact) mass is 490 g/mol. The van der Waals surface area contributed by atoms with Gasteiger partial charge in [0.25, 0.3) is 0 Å². The predicted molar refractivity (Wildman–Crippen MR) is 136 cm³/mol. The van der Waals surface area contributed by atoms with Crippen LogP contribution in [0, 0.1) is 13.8 Å². The number of rotatable bonds is 11. The van der Waals surface area contributed by atoms with Crippen molar-refractivity contribution in [3.05, 3.63) is 34.9 Å². The Morgan fingerprint density at radius 1 is 1.03 bits per heavy atom. The van der Waals surface area contributed by atoms with Crippen LogP contribution in [-0.4, -0.2) is 53.4 Å². The van der Waals surface area contributed by atoms with E-state index in [1.165, 1.54) is 11.9 Å². The average molecular weight is 491 g/mol. The lowest BCUT2D eigenvalue weighted by atomic mass is 9.98. The highest BCUT2D eigenvalue weighted by molar-refractivity contribution is 5.92. The first-order valence-electron chi connectivity index (χ1n) is 12.1. The number of nitrogens with two attached hydrogens (primary N) is 1. The third-order valence-electron chi connectivity index (χ3n) is 5.32. The van der Waals surface area contributed by atoms with E-state index in [-0.39, 0.29) is 24.8 Å². The number of nitrogens with one attached hydrogen (secondary N) is 2. The molecular weight excluding hydrogens is 448 g/mol. The van der Waals surface area contributed by atoms with Crippen molar-refractivity contribution in [2.24, 2.45) is 5.73 Å². The quantitative estimate of drug-likeness (QED) is 0.438. The second-order valence-electron chi connectivity index (χ2n) is 10.2. The van der Waals surface area contributed by atoms with Crippen molar-refractivity contribution in [1.29, 1.82) is 0 Å². The SMILES string of the molecule is CCCC(C)NC(=O)C(c1cc(C)cc(C)c1)N(C)C(=O)C(CCC(N)=O)NC(=O)OC(C)(C)C. The van der Waals surface area contributed by atoms with Crippen molar-refractivity contribution in [3.8, 4) is 0 Å². The number of carbonyl (C=O) groups excluding carboxylic acids is 4. The van der Waals surface area contributed by atoms with Gasteiger partial charge in [0.15, 0.2) is 0 Å². The van der Waals surface area contributed by atoms with Crippen LogP contribution in [0.1, 0.15) is 83.0 Å². The van der Waals surface area contributed by atoms with E-state index in [9.17, 15) is 19.2 Å². The minimum atomic E-state index is -1.10. The Hall–Kier alpha value is -3.10. The van der Waals surface area contributed by atoms with E-state index in [0.717, 1.165) is 24.0 Å². The highest BCUT2D eigenvalue weighted by Gasteiger charge is 2.34. The number of likely N-dealkylation sites (N-methyl/N-ethyl adjacent to an activating group) is 1. The highest BCUT2D eigenvalue weighted by Crippen LogP contribution is 2.24. The Labute approximate surface area is 209 Å². The van der Waals surface area contributed by atoms with Gasteiger partial charge in [-0.1, -0.05) is 42.7 Å². The van der Waals surface area contributed by atoms with Crippen molar-refractivity contribution < 1.29 is 23.9 Å². The molecule has 1 aromatic carbocycles. The average Bonchev–Trinajstić information content (AvgIpc) is 2.68. The molecule has 196 valence electrons. The molecule has 9 nitrogen and oxygen atoms in total. The van der Waals surface area contributed by atoms with Gasteiger partial charge in [0.05, 0.1) is 0 Å². The number of amides is 4. The number of hydrogen-bond donors (Lipinski definition) is 3. The summed E-state index contributed by atoms with van der Waals surface area (Å²) in [4.78, 5) is 52.1. The summed E-state index contributed by atoms with van der Waals surface area (Å²) in [6, 6.07) is 3.61. The van der Waals surface area contributed by atoms with Gasteiger partial charge < -0.3 is 26.0 Å². The molecule has 0 saturated carbocycles. The molecule has 0 aliphatic rings. The van der Waals surface area contributed by atoms with Crippen LogP contribution in [0.3, 0.4) is 0 Å². The summed E-state index contributed by atoms with van der Waals surface area (Å²) in [5, 5.41) is 5.54. The zero-order valence-corrected chi connectivity index (χ0v) is 22.4. The van der Waals surface area contributed by atoms with Crippen molar-refractivity contribution in [2.75, 3.05) is 7.05 Å². The van der Waals surface area contributed by atoms with Gasteiger partial charge >= 0.3 is 6.09 Å². The highest BCUT2D eigenvalue weighted by atomic mass is 16.6. The molecule has 35 heavy (non-hydrogen) atoms. The zero-order chi connectivity index (χ0) is 26.9. The van der Waals surface area contributed by atoms with Crippen molar-refractivity contribution >= 4 is 23.8 Å². The number of benzene rings is 1. The van der Waals surface area contributed by atoms with Gasteiger partial charge in [-0.2, -0.15) is 0 Å². The predicted octanol–water partition coefficient (Wildman–Crippen LogP) is 3.27. The third kappa shape index (κ3) is 10.4. The van der Waals surface area contributed by atoms with E-state index in [4.69, 9.17) is 10.5 Å². The van der Waals surface area contributed by atoms with Crippen LogP contribution in [0.15, 0.2) is 18.2 Å². The van der Waals surface area contributed by atoms with E-state index < -0.39 is 35.6 Å². The number of aryl methyl sites for hydroxylation is 2. The Bertz CT molecular complexity index is 889. The molecule has 3 atom stereocenters. The maximum atomic E-state index is 13.6. The molecular formula is C26H42N4O5. The first-order chi connectivity index (χ1) is 16.1. The lowest BCUT2D eigenvalue weighted by Crippen LogP contribution is -2.52. The normalized spacial score (nSPS) is 13.8. The van der Waals surface area contributed by atoms with Gasteiger partial charge in [-0.05, 0) is 59.9 Å². The summed E-state index contributed by atoms with van der Waals surface area (Å²) < 4.78 is 5.29. The van der Waals surface area contributed by atoms with Gasteiger partial charge in [0.1, 0.15) is 17.7 Å². The second-order valence-corrected chi connectivity index (χ2v) is 10.2. The smallest absolute Gasteiger partial charge is 0.408 e. The molecule has 1 rings (SSSR count). The molecule has 0 heterocycles. The molecule has 0 fully saturated rings. The van der Waals surface area contributed by atoms with E-state index >= 15 is 0 Å². The Kier molecular flexibility index (Phi) is 11.2. The van der Waals surface area contributed by atoms with Gasteiger partial charge in [-0.25, -0.2) is 4.79 Å². The largest absolute Gasteiger partial charge is 0.444 e. The number of nitrogens with zero attached hydrogens (tertiary/aromatic N) is 1. The summed E-state index contributed by atoms with van der Waals surface area (Å²) in [6.07, 6.45) is 0.765. The van der Waals surface area contributed by atoms with Crippen LogP contribution in [0.4, 0.5) is 4.79 Å². The third-order valence-corrected chi connectivity index (χ3v) is 5.32. The van der Waals surface area contributed by atoms with E-state index in [0.29, 0.717) is 5.56 Å². The molecule has 0 radical (unpaired) electrons. The van der Waals surface area contributed by atoms with Gasteiger partial charge in [-0.15, -0.1) is 0 Å². The first-order valence-corrected chi connectivity index (χ1v) is 12.1. The first kappa shape index (κ1) is 29.9. The standard InChI is InChI=1S/C26H42N4O5/c1-9-10-18(4)28-23(32)22(19-14-16(2)13-17(3)15-19)30(8)24(33)20(11-12-21(27)31)29-25(34)35-26(5,6)7/h13-15,18,20,22H,9-12H2,1-8H3,(H2,27,31)(H,28,32)(H,29,34).